The van der Waals surface area contributed by atoms with E-state index < -0.39 is 17.8 Å². The van der Waals surface area contributed by atoms with Crippen LogP contribution < -0.4 is 10.5 Å². The Hall–Kier alpha value is -2.71. The van der Waals surface area contributed by atoms with E-state index in [1.165, 1.54) is 18.3 Å². The van der Waals surface area contributed by atoms with E-state index in [4.69, 9.17) is 44.1 Å². The number of rotatable bonds is 10. The van der Waals surface area contributed by atoms with E-state index in [0.29, 0.717) is 36.6 Å². The highest BCUT2D eigenvalue weighted by Gasteiger charge is 2.23. The van der Waals surface area contributed by atoms with Gasteiger partial charge < -0.3 is 20.8 Å². The van der Waals surface area contributed by atoms with Gasteiger partial charge in [-0.05, 0) is 55.9 Å². The summed E-state index contributed by atoms with van der Waals surface area (Å²) in [4.78, 5) is 23.2. The van der Waals surface area contributed by atoms with Crippen molar-refractivity contribution in [2.24, 2.45) is 10.9 Å². The molecule has 10 heteroatoms. The lowest BCUT2D eigenvalue weighted by Gasteiger charge is -2.30. The van der Waals surface area contributed by atoms with E-state index in [0.717, 1.165) is 19.3 Å². The number of piperidine rings is 1. The maximum absolute atomic E-state index is 14.0. The van der Waals surface area contributed by atoms with Crippen LogP contribution in [0.15, 0.2) is 29.4 Å². The third-order valence-corrected chi connectivity index (χ3v) is 7.18. The molecule has 3 rings (SSSR count). The van der Waals surface area contributed by atoms with Crippen LogP contribution in [0.4, 0.5) is 10.2 Å². The largest absolute Gasteiger partial charge is 0.482 e. The van der Waals surface area contributed by atoms with Crippen molar-refractivity contribution in [1.82, 2.24) is 9.88 Å². The van der Waals surface area contributed by atoms with Gasteiger partial charge in [0.25, 0.3) is 0 Å². The van der Waals surface area contributed by atoms with Crippen molar-refractivity contribution >= 4 is 47.4 Å². The number of aromatic nitrogens is 1. The molecular weight excluding hydrogens is 516 g/mol. The smallest absolute Gasteiger partial charge is 0.222 e. The molecule has 0 saturated carbocycles. The summed E-state index contributed by atoms with van der Waals surface area (Å²) in [6.45, 7) is 7.32. The number of ether oxygens (including phenoxy) is 1. The van der Waals surface area contributed by atoms with Gasteiger partial charge in [-0.2, -0.15) is 0 Å². The Balaban J connectivity index is 1.66. The van der Waals surface area contributed by atoms with Gasteiger partial charge in [-0.25, -0.2) is 9.37 Å². The normalized spacial score (nSPS) is 16.2. The number of anilines is 1. The number of carbonyl (C=O) groups excluding carboxylic acids is 1. The lowest BCUT2D eigenvalue weighted by atomic mass is 10.0. The SMILES string of the molecule is CC(C)CCC(=O)N1CCC(N=CC(C=N)c2cnc(N)c(OC(C)c3c(Cl)ccc(F)c3Cl)c2)CC1. The minimum Gasteiger partial charge on any atom is -0.482 e. The monoisotopic (exact) mass is 549 g/mol. The molecule has 200 valence electrons. The molecule has 3 N–H and O–H groups in total. The number of amides is 1. The maximum atomic E-state index is 14.0. The molecule has 1 saturated heterocycles. The summed E-state index contributed by atoms with van der Waals surface area (Å²) in [5.74, 6) is 0.117. The van der Waals surface area contributed by atoms with Crippen LogP contribution in [0.2, 0.25) is 10.0 Å². The van der Waals surface area contributed by atoms with Crippen molar-refractivity contribution in [2.45, 2.75) is 64.5 Å². The molecule has 1 aliphatic rings. The number of aliphatic imine (C=N–C) groups is 1. The number of hydrogen-bond acceptors (Lipinski definition) is 6. The molecule has 2 unspecified atom stereocenters. The number of halogens is 3. The topological polar surface area (TPSA) is 105 Å². The highest BCUT2D eigenvalue weighted by molar-refractivity contribution is 6.36. The maximum Gasteiger partial charge on any atom is 0.222 e. The Morgan fingerprint density at radius 3 is 2.68 bits per heavy atom. The van der Waals surface area contributed by atoms with Gasteiger partial charge in [-0.1, -0.05) is 37.0 Å². The first kappa shape index (κ1) is 28.9. The Labute approximate surface area is 227 Å². The van der Waals surface area contributed by atoms with Gasteiger partial charge in [-0.15, -0.1) is 0 Å². The van der Waals surface area contributed by atoms with Gasteiger partial charge >= 0.3 is 0 Å². The minimum atomic E-state index is -0.699. The molecular formula is C27H34Cl2FN5O2. The second kappa shape index (κ2) is 13.2. The third kappa shape index (κ3) is 7.65. The summed E-state index contributed by atoms with van der Waals surface area (Å²) in [7, 11) is 0. The Morgan fingerprint density at radius 2 is 2.03 bits per heavy atom. The summed E-state index contributed by atoms with van der Waals surface area (Å²) in [5.41, 5.74) is 7.02. The minimum absolute atomic E-state index is 0.0892. The predicted octanol–water partition coefficient (Wildman–Crippen LogP) is 6.48. The molecule has 0 spiro atoms. The first-order chi connectivity index (χ1) is 17.6. The summed E-state index contributed by atoms with van der Waals surface area (Å²) >= 11 is 12.3. The molecule has 1 aromatic heterocycles. The molecule has 2 atom stereocenters. The zero-order valence-electron chi connectivity index (χ0n) is 21.4. The van der Waals surface area contributed by atoms with Crippen LogP contribution in [0, 0.1) is 17.1 Å². The lowest BCUT2D eigenvalue weighted by Crippen LogP contribution is -2.39. The average molecular weight is 551 g/mol. The van der Waals surface area contributed by atoms with Crippen LogP contribution in [0.25, 0.3) is 0 Å². The van der Waals surface area contributed by atoms with Gasteiger partial charge in [0, 0.05) is 48.7 Å². The number of nitrogens with one attached hydrogen (secondary N) is 1. The zero-order valence-corrected chi connectivity index (χ0v) is 22.9. The fourth-order valence-electron chi connectivity index (χ4n) is 4.19. The van der Waals surface area contributed by atoms with Crippen LogP contribution in [-0.2, 0) is 4.79 Å². The Kier molecular flexibility index (Phi) is 10.3. The molecule has 1 fully saturated rings. The molecule has 0 bridgehead atoms. The molecule has 1 aromatic carbocycles. The first-order valence-corrected chi connectivity index (χ1v) is 13.2. The van der Waals surface area contributed by atoms with Crippen LogP contribution >= 0.6 is 23.2 Å². The quantitative estimate of drug-likeness (QED) is 0.261. The summed E-state index contributed by atoms with van der Waals surface area (Å²) in [6, 6.07) is 4.40. The van der Waals surface area contributed by atoms with Crippen molar-refractivity contribution in [3.63, 3.8) is 0 Å². The van der Waals surface area contributed by atoms with Gasteiger partial charge in [0.2, 0.25) is 5.91 Å². The summed E-state index contributed by atoms with van der Waals surface area (Å²) < 4.78 is 19.9. The summed E-state index contributed by atoms with van der Waals surface area (Å²) in [6.07, 6.45) is 6.95. The van der Waals surface area contributed by atoms with Crippen LogP contribution in [-0.4, -0.2) is 47.4 Å². The highest BCUT2D eigenvalue weighted by atomic mass is 35.5. The molecule has 2 aromatic rings. The molecule has 2 heterocycles. The fourth-order valence-corrected chi connectivity index (χ4v) is 4.86. The molecule has 1 aliphatic heterocycles. The number of likely N-dealkylation sites (tertiary alicyclic amines) is 1. The van der Waals surface area contributed by atoms with Crippen molar-refractivity contribution in [3.05, 3.63) is 51.4 Å². The average Bonchev–Trinajstić information content (AvgIpc) is 2.87. The van der Waals surface area contributed by atoms with Gasteiger partial charge in [-0.3, -0.25) is 9.79 Å². The standard InChI is InChI=1S/C27H34Cl2FN5O2/c1-16(2)4-7-24(36)35-10-8-20(9-11-35)33-15-19(13-31)18-12-23(27(32)34-14-18)37-17(3)25-21(28)5-6-22(30)26(25)29/h5-6,12-17,19-20,31H,4,7-11H2,1-3H3,(H2,32,34). The van der Waals surface area contributed by atoms with Crippen LogP contribution in [0.5, 0.6) is 5.75 Å². The van der Waals surface area contributed by atoms with Gasteiger partial charge in [0.15, 0.2) is 11.6 Å². The Morgan fingerprint density at radius 1 is 1.32 bits per heavy atom. The van der Waals surface area contributed by atoms with E-state index in [2.05, 4.69) is 18.8 Å². The number of carbonyl (C=O) groups is 1. The van der Waals surface area contributed by atoms with E-state index in [9.17, 15) is 9.18 Å². The molecule has 0 aliphatic carbocycles. The summed E-state index contributed by atoms with van der Waals surface area (Å²) in [5, 5.41) is 8.08. The number of benzene rings is 1. The number of nitrogens with two attached hydrogens (primary N) is 1. The molecule has 37 heavy (non-hydrogen) atoms. The first-order valence-electron chi connectivity index (χ1n) is 12.5. The molecule has 0 radical (unpaired) electrons. The highest BCUT2D eigenvalue weighted by Crippen LogP contribution is 2.36. The predicted molar refractivity (Wildman–Crippen MR) is 148 cm³/mol. The van der Waals surface area contributed by atoms with E-state index in [-0.39, 0.29) is 33.6 Å². The number of hydrogen-bond donors (Lipinski definition) is 2. The van der Waals surface area contributed by atoms with Crippen molar-refractivity contribution in [2.75, 3.05) is 18.8 Å². The van der Waals surface area contributed by atoms with Crippen molar-refractivity contribution < 1.29 is 13.9 Å². The number of nitrogen functional groups attached to an aromatic ring is 1. The van der Waals surface area contributed by atoms with Gasteiger partial charge in [0.05, 0.1) is 17.0 Å². The Bertz CT molecular complexity index is 1140. The second-order valence-electron chi connectivity index (χ2n) is 9.70. The fraction of sp³-hybridized carbons (Fsp3) is 0.481. The van der Waals surface area contributed by atoms with E-state index in [1.54, 1.807) is 25.4 Å². The van der Waals surface area contributed by atoms with E-state index >= 15 is 0 Å². The van der Waals surface area contributed by atoms with E-state index in [1.807, 2.05) is 4.90 Å². The molecule has 1 amide bonds. The van der Waals surface area contributed by atoms with Crippen LogP contribution in [0.1, 0.15) is 69.6 Å². The van der Waals surface area contributed by atoms with Crippen LogP contribution in [0.3, 0.4) is 0 Å². The molecule has 7 nitrogen and oxygen atoms in total. The van der Waals surface area contributed by atoms with Crippen molar-refractivity contribution in [1.29, 1.82) is 5.41 Å². The lowest BCUT2D eigenvalue weighted by molar-refractivity contribution is -0.132. The third-order valence-electron chi connectivity index (χ3n) is 6.47. The second-order valence-corrected chi connectivity index (χ2v) is 10.5. The number of nitrogens with zero attached hydrogens (tertiary/aromatic N) is 3. The van der Waals surface area contributed by atoms with Gasteiger partial charge in [0.1, 0.15) is 11.9 Å². The number of pyridine rings is 1. The van der Waals surface area contributed by atoms with Crippen molar-refractivity contribution in [3.8, 4) is 5.75 Å². The zero-order chi connectivity index (χ0) is 27.1.